The van der Waals surface area contributed by atoms with Crippen LogP contribution < -0.4 is 4.90 Å². The summed E-state index contributed by atoms with van der Waals surface area (Å²) in [6.45, 7) is 4.43. The Bertz CT molecular complexity index is 1130. The van der Waals surface area contributed by atoms with Crippen molar-refractivity contribution in [3.05, 3.63) is 71.2 Å². The summed E-state index contributed by atoms with van der Waals surface area (Å²) in [6.07, 6.45) is 8.33. The third kappa shape index (κ3) is 4.60. The lowest BCUT2D eigenvalue weighted by Crippen LogP contribution is -2.41. The third-order valence-electron chi connectivity index (χ3n) is 6.60. The second kappa shape index (κ2) is 9.29. The fourth-order valence-electron chi connectivity index (χ4n) is 4.99. The van der Waals surface area contributed by atoms with E-state index in [0.29, 0.717) is 18.9 Å². The SMILES string of the molecule is Cc1nc([C@@H]2CCCCN2C(=O)Cn2cccn2)nc2c1CCCN2Cc1cccc(F)c1. The molecule has 0 N–H and O–H groups in total. The number of anilines is 1. The van der Waals surface area contributed by atoms with Crippen LogP contribution in [0.1, 0.15) is 54.4 Å². The fraction of sp³-hybridized carbons (Fsp3) is 0.440. The molecule has 33 heavy (non-hydrogen) atoms. The van der Waals surface area contributed by atoms with E-state index in [0.717, 1.165) is 61.3 Å². The average molecular weight is 449 g/mol. The van der Waals surface area contributed by atoms with Gasteiger partial charge in [-0.25, -0.2) is 14.4 Å². The Kier molecular flexibility index (Phi) is 6.07. The highest BCUT2D eigenvalue weighted by Crippen LogP contribution is 2.34. The number of piperidine rings is 1. The van der Waals surface area contributed by atoms with E-state index in [1.54, 1.807) is 29.2 Å². The third-order valence-corrected chi connectivity index (χ3v) is 6.60. The quantitative estimate of drug-likeness (QED) is 0.594. The predicted octanol–water partition coefficient (Wildman–Crippen LogP) is 3.83. The number of amides is 1. The number of nitrogens with zero attached hydrogens (tertiary/aromatic N) is 6. The molecule has 0 spiro atoms. The van der Waals surface area contributed by atoms with Crippen LogP contribution in [0.3, 0.4) is 0 Å². The van der Waals surface area contributed by atoms with Crippen LogP contribution >= 0.6 is 0 Å². The zero-order valence-corrected chi connectivity index (χ0v) is 19.0. The number of carbonyl (C=O) groups excluding carboxylic acids is 1. The summed E-state index contributed by atoms with van der Waals surface area (Å²) in [6, 6.07) is 8.43. The van der Waals surface area contributed by atoms with Crippen molar-refractivity contribution in [3.63, 3.8) is 0 Å². The molecule has 0 bridgehead atoms. The Morgan fingerprint density at radius 1 is 1.15 bits per heavy atom. The number of aryl methyl sites for hydroxylation is 1. The first kappa shape index (κ1) is 21.6. The van der Waals surface area contributed by atoms with E-state index in [-0.39, 0.29) is 24.3 Å². The summed E-state index contributed by atoms with van der Waals surface area (Å²) in [5.74, 6) is 1.46. The smallest absolute Gasteiger partial charge is 0.244 e. The van der Waals surface area contributed by atoms with E-state index in [4.69, 9.17) is 9.97 Å². The van der Waals surface area contributed by atoms with Crippen LogP contribution in [0.2, 0.25) is 0 Å². The summed E-state index contributed by atoms with van der Waals surface area (Å²) in [4.78, 5) is 27.2. The van der Waals surface area contributed by atoms with Crippen LogP contribution in [0.25, 0.3) is 0 Å². The molecule has 0 aliphatic carbocycles. The number of carbonyl (C=O) groups is 1. The summed E-state index contributed by atoms with van der Waals surface area (Å²) < 4.78 is 15.4. The molecule has 0 radical (unpaired) electrons. The van der Waals surface area contributed by atoms with Gasteiger partial charge < -0.3 is 9.80 Å². The minimum absolute atomic E-state index is 0.0407. The van der Waals surface area contributed by atoms with Gasteiger partial charge in [0.2, 0.25) is 5.91 Å². The van der Waals surface area contributed by atoms with Gasteiger partial charge in [-0.2, -0.15) is 5.10 Å². The molecule has 1 fully saturated rings. The first-order valence-corrected chi connectivity index (χ1v) is 11.7. The number of fused-ring (bicyclic) bond motifs is 1. The highest BCUT2D eigenvalue weighted by atomic mass is 19.1. The van der Waals surface area contributed by atoms with Gasteiger partial charge in [0.15, 0.2) is 5.82 Å². The highest BCUT2D eigenvalue weighted by Gasteiger charge is 2.32. The maximum absolute atomic E-state index is 13.8. The van der Waals surface area contributed by atoms with Gasteiger partial charge >= 0.3 is 0 Å². The number of hydrogen-bond donors (Lipinski definition) is 0. The number of rotatable bonds is 5. The topological polar surface area (TPSA) is 67.2 Å². The van der Waals surface area contributed by atoms with Crippen LogP contribution in [-0.2, 0) is 24.3 Å². The van der Waals surface area contributed by atoms with Gasteiger partial charge in [-0.05, 0) is 62.8 Å². The van der Waals surface area contributed by atoms with Gasteiger partial charge in [-0.15, -0.1) is 0 Å². The van der Waals surface area contributed by atoms with Crippen LogP contribution in [0, 0.1) is 12.7 Å². The molecule has 1 atom stereocenters. The number of aromatic nitrogens is 4. The van der Waals surface area contributed by atoms with Crippen molar-refractivity contribution < 1.29 is 9.18 Å². The molecule has 2 aliphatic heterocycles. The summed E-state index contributed by atoms with van der Waals surface area (Å²) >= 11 is 0. The maximum Gasteiger partial charge on any atom is 0.244 e. The van der Waals surface area contributed by atoms with Crippen molar-refractivity contribution in [1.29, 1.82) is 0 Å². The molecular formula is C25H29FN6O. The van der Waals surface area contributed by atoms with E-state index in [1.165, 1.54) is 6.07 Å². The van der Waals surface area contributed by atoms with Gasteiger partial charge in [-0.1, -0.05) is 12.1 Å². The molecule has 2 aromatic heterocycles. The molecule has 0 unspecified atom stereocenters. The predicted molar refractivity (Wildman–Crippen MR) is 123 cm³/mol. The van der Waals surface area contributed by atoms with E-state index in [9.17, 15) is 9.18 Å². The zero-order valence-electron chi connectivity index (χ0n) is 19.0. The van der Waals surface area contributed by atoms with E-state index < -0.39 is 0 Å². The molecule has 2 aliphatic rings. The first-order chi connectivity index (χ1) is 16.1. The minimum atomic E-state index is -0.224. The molecule has 4 heterocycles. The number of benzene rings is 1. The zero-order chi connectivity index (χ0) is 22.8. The molecular weight excluding hydrogens is 419 g/mol. The van der Waals surface area contributed by atoms with E-state index in [1.807, 2.05) is 24.0 Å². The van der Waals surface area contributed by atoms with Crippen molar-refractivity contribution in [2.75, 3.05) is 18.0 Å². The van der Waals surface area contributed by atoms with E-state index in [2.05, 4.69) is 10.00 Å². The maximum atomic E-state index is 13.8. The second-order valence-electron chi connectivity index (χ2n) is 8.93. The summed E-state index contributed by atoms with van der Waals surface area (Å²) in [5.41, 5.74) is 3.06. The molecule has 172 valence electrons. The Morgan fingerprint density at radius 2 is 2.06 bits per heavy atom. The van der Waals surface area contributed by atoms with Crippen molar-refractivity contribution >= 4 is 11.7 Å². The molecule has 5 rings (SSSR count). The lowest BCUT2D eigenvalue weighted by molar-refractivity contribution is -0.136. The number of likely N-dealkylation sites (tertiary alicyclic amines) is 1. The minimum Gasteiger partial charge on any atom is -0.352 e. The Labute approximate surface area is 193 Å². The van der Waals surface area contributed by atoms with Crippen molar-refractivity contribution in [3.8, 4) is 0 Å². The molecule has 0 saturated carbocycles. The molecule has 1 aromatic carbocycles. The second-order valence-corrected chi connectivity index (χ2v) is 8.93. The van der Waals surface area contributed by atoms with Crippen LogP contribution in [0.15, 0.2) is 42.7 Å². The van der Waals surface area contributed by atoms with E-state index >= 15 is 0 Å². The van der Waals surface area contributed by atoms with Gasteiger partial charge in [-0.3, -0.25) is 9.48 Å². The lowest BCUT2D eigenvalue weighted by Gasteiger charge is -2.36. The van der Waals surface area contributed by atoms with Gasteiger partial charge in [0, 0.05) is 43.3 Å². The van der Waals surface area contributed by atoms with Crippen LogP contribution in [-0.4, -0.2) is 43.6 Å². The largest absolute Gasteiger partial charge is 0.352 e. The standard InChI is InChI=1S/C25H29FN6O/c1-18-21-9-5-12-30(16-19-7-4-8-20(26)15-19)25(21)29-24(28-18)22-10-2-3-14-32(22)23(33)17-31-13-6-11-27-31/h4,6-8,11,13,15,22H,2-3,5,9-10,12,14,16-17H2,1H3/t22-/m0/s1. The average Bonchev–Trinajstić information content (AvgIpc) is 3.32. The van der Waals surface area contributed by atoms with Gasteiger partial charge in [0.05, 0.1) is 6.04 Å². The summed E-state index contributed by atoms with van der Waals surface area (Å²) in [5, 5.41) is 4.18. The van der Waals surface area contributed by atoms with Crippen LogP contribution in [0.5, 0.6) is 0 Å². The van der Waals surface area contributed by atoms with Gasteiger partial charge in [0.25, 0.3) is 0 Å². The van der Waals surface area contributed by atoms with Crippen LogP contribution in [0.4, 0.5) is 10.2 Å². The monoisotopic (exact) mass is 448 g/mol. The Balaban J connectivity index is 1.44. The Morgan fingerprint density at radius 3 is 2.88 bits per heavy atom. The fourth-order valence-corrected chi connectivity index (χ4v) is 4.99. The number of hydrogen-bond acceptors (Lipinski definition) is 5. The molecule has 7 nitrogen and oxygen atoms in total. The molecule has 1 saturated heterocycles. The van der Waals surface area contributed by atoms with Gasteiger partial charge in [0.1, 0.15) is 18.2 Å². The molecule has 8 heteroatoms. The Hall–Kier alpha value is -3.29. The molecule has 3 aromatic rings. The van der Waals surface area contributed by atoms with Crippen molar-refractivity contribution in [1.82, 2.24) is 24.6 Å². The number of halogens is 1. The van der Waals surface area contributed by atoms with Crippen molar-refractivity contribution in [2.45, 2.75) is 58.2 Å². The molecule has 1 amide bonds. The summed E-state index contributed by atoms with van der Waals surface area (Å²) in [7, 11) is 0. The first-order valence-electron chi connectivity index (χ1n) is 11.7. The lowest BCUT2D eigenvalue weighted by atomic mass is 9.99. The normalized spacial score (nSPS) is 18.3. The van der Waals surface area contributed by atoms with Crippen molar-refractivity contribution in [2.24, 2.45) is 0 Å². The highest BCUT2D eigenvalue weighted by molar-refractivity contribution is 5.76.